The molecule has 0 radical (unpaired) electrons. The molecule has 0 atom stereocenters. The standard InChI is InChI=1S/C26H30ClNO3/c1-17(2)10-18-4-3-5-19(11-18)16-31-23-8-9-24-20(12-23)6-7-21(25(24)27)13-28-14-22(15-28)26(29)30/h3-5,8-9,11-12,17,22H,6-7,10,13-16H2,1-2H3,(H,29,30). The average Bonchev–Trinajstić information content (AvgIpc) is 2.69. The van der Waals surface area contributed by atoms with Crippen LogP contribution in [0.4, 0.5) is 0 Å². The van der Waals surface area contributed by atoms with Gasteiger partial charge in [0.25, 0.3) is 0 Å². The van der Waals surface area contributed by atoms with Crippen molar-refractivity contribution in [1.82, 2.24) is 4.90 Å². The molecular weight excluding hydrogens is 410 g/mol. The fraction of sp³-hybridized carbons (Fsp3) is 0.423. The van der Waals surface area contributed by atoms with E-state index in [1.165, 1.54) is 22.3 Å². The Morgan fingerprint density at radius 2 is 1.94 bits per heavy atom. The fourth-order valence-electron chi connectivity index (χ4n) is 4.42. The minimum absolute atomic E-state index is 0.235. The maximum atomic E-state index is 11.0. The second kappa shape index (κ2) is 9.46. The van der Waals surface area contributed by atoms with Gasteiger partial charge < -0.3 is 9.84 Å². The summed E-state index contributed by atoms with van der Waals surface area (Å²) in [7, 11) is 0. The van der Waals surface area contributed by atoms with Crippen LogP contribution < -0.4 is 4.74 Å². The monoisotopic (exact) mass is 439 g/mol. The van der Waals surface area contributed by atoms with Gasteiger partial charge in [0.15, 0.2) is 0 Å². The van der Waals surface area contributed by atoms with E-state index >= 15 is 0 Å². The summed E-state index contributed by atoms with van der Waals surface area (Å²) in [6.07, 6.45) is 2.91. The van der Waals surface area contributed by atoms with Gasteiger partial charge in [-0.3, -0.25) is 9.69 Å². The van der Waals surface area contributed by atoms with Crippen molar-refractivity contribution in [3.63, 3.8) is 0 Å². The van der Waals surface area contributed by atoms with Crippen molar-refractivity contribution in [2.24, 2.45) is 11.8 Å². The lowest BCUT2D eigenvalue weighted by atomic mass is 9.90. The summed E-state index contributed by atoms with van der Waals surface area (Å²) in [6, 6.07) is 14.8. The van der Waals surface area contributed by atoms with Gasteiger partial charge in [-0.05, 0) is 71.2 Å². The van der Waals surface area contributed by atoms with Crippen LogP contribution in [0.25, 0.3) is 5.03 Å². The van der Waals surface area contributed by atoms with Crippen LogP contribution in [0, 0.1) is 11.8 Å². The Bertz CT molecular complexity index is 992. The summed E-state index contributed by atoms with van der Waals surface area (Å²) < 4.78 is 6.08. The molecule has 0 spiro atoms. The number of carboxylic acids is 1. The van der Waals surface area contributed by atoms with Gasteiger partial charge in [-0.25, -0.2) is 0 Å². The number of ether oxygens (including phenoxy) is 1. The van der Waals surface area contributed by atoms with Crippen LogP contribution in [0.2, 0.25) is 0 Å². The number of fused-ring (bicyclic) bond motifs is 1. The van der Waals surface area contributed by atoms with E-state index in [4.69, 9.17) is 21.4 Å². The molecule has 0 bridgehead atoms. The van der Waals surface area contributed by atoms with Crippen LogP contribution in [0.15, 0.2) is 48.0 Å². The van der Waals surface area contributed by atoms with Gasteiger partial charge in [-0.1, -0.05) is 49.7 Å². The van der Waals surface area contributed by atoms with Gasteiger partial charge in [0.2, 0.25) is 0 Å². The summed E-state index contributed by atoms with van der Waals surface area (Å²) in [5.41, 5.74) is 6.03. The Morgan fingerprint density at radius 1 is 1.16 bits per heavy atom. The Hall–Kier alpha value is -2.30. The first-order valence-corrected chi connectivity index (χ1v) is 11.4. The molecule has 164 valence electrons. The van der Waals surface area contributed by atoms with E-state index in [1.54, 1.807) is 0 Å². The van der Waals surface area contributed by atoms with Crippen LogP contribution >= 0.6 is 11.6 Å². The van der Waals surface area contributed by atoms with Crippen molar-refractivity contribution in [3.8, 4) is 5.75 Å². The zero-order chi connectivity index (χ0) is 22.0. The molecule has 4 rings (SSSR count). The second-order valence-corrected chi connectivity index (χ2v) is 9.55. The van der Waals surface area contributed by atoms with Crippen molar-refractivity contribution in [1.29, 1.82) is 0 Å². The molecule has 2 aliphatic rings. The third-order valence-corrected chi connectivity index (χ3v) is 6.55. The molecule has 31 heavy (non-hydrogen) atoms. The highest BCUT2D eigenvalue weighted by Gasteiger charge is 2.33. The number of hydrogen-bond acceptors (Lipinski definition) is 3. The summed E-state index contributed by atoms with van der Waals surface area (Å²) in [6.45, 7) is 7.00. The number of halogens is 1. The maximum absolute atomic E-state index is 11.0. The van der Waals surface area contributed by atoms with Crippen molar-refractivity contribution in [2.75, 3.05) is 19.6 Å². The van der Waals surface area contributed by atoms with Crippen molar-refractivity contribution < 1.29 is 14.6 Å². The van der Waals surface area contributed by atoms with E-state index in [0.717, 1.165) is 42.2 Å². The molecule has 4 nitrogen and oxygen atoms in total. The molecule has 5 heteroatoms. The fourth-order valence-corrected chi connectivity index (χ4v) is 4.76. The summed E-state index contributed by atoms with van der Waals surface area (Å²) >= 11 is 6.72. The predicted octanol–water partition coefficient (Wildman–Crippen LogP) is 5.38. The highest BCUT2D eigenvalue weighted by molar-refractivity contribution is 6.49. The number of hydrogen-bond donors (Lipinski definition) is 1. The predicted molar refractivity (Wildman–Crippen MR) is 124 cm³/mol. The van der Waals surface area contributed by atoms with E-state index in [2.05, 4.69) is 55.1 Å². The Balaban J connectivity index is 1.38. The molecular formula is C26H30ClNO3. The summed E-state index contributed by atoms with van der Waals surface area (Å²) in [5.74, 6) is 0.567. The maximum Gasteiger partial charge on any atom is 0.309 e. The number of carbonyl (C=O) groups is 1. The van der Waals surface area contributed by atoms with Gasteiger partial charge in [0.1, 0.15) is 12.4 Å². The van der Waals surface area contributed by atoms with Gasteiger partial charge in [-0.2, -0.15) is 0 Å². The van der Waals surface area contributed by atoms with Crippen LogP contribution in [-0.4, -0.2) is 35.6 Å². The molecule has 1 fully saturated rings. The molecule has 0 aromatic heterocycles. The number of rotatable bonds is 8. The minimum atomic E-state index is -0.704. The highest BCUT2D eigenvalue weighted by atomic mass is 35.5. The number of carboxylic acid groups (broad SMARTS) is 1. The molecule has 1 saturated heterocycles. The van der Waals surface area contributed by atoms with E-state index in [1.807, 2.05) is 6.07 Å². The van der Waals surface area contributed by atoms with E-state index in [-0.39, 0.29) is 5.92 Å². The summed E-state index contributed by atoms with van der Waals surface area (Å²) in [4.78, 5) is 13.2. The van der Waals surface area contributed by atoms with Crippen LogP contribution in [0.1, 0.15) is 42.5 Å². The molecule has 2 aromatic rings. The number of aliphatic carboxylic acids is 1. The van der Waals surface area contributed by atoms with Crippen LogP contribution in [0.3, 0.4) is 0 Å². The van der Waals surface area contributed by atoms with E-state index < -0.39 is 5.97 Å². The molecule has 1 aliphatic carbocycles. The van der Waals surface area contributed by atoms with Crippen molar-refractivity contribution >= 4 is 22.6 Å². The topological polar surface area (TPSA) is 49.8 Å². The second-order valence-electron chi connectivity index (χ2n) is 9.17. The highest BCUT2D eigenvalue weighted by Crippen LogP contribution is 2.37. The van der Waals surface area contributed by atoms with E-state index in [0.29, 0.717) is 25.6 Å². The first kappa shape index (κ1) is 21.9. The smallest absolute Gasteiger partial charge is 0.309 e. The van der Waals surface area contributed by atoms with Gasteiger partial charge in [0, 0.05) is 24.7 Å². The Morgan fingerprint density at radius 3 is 2.68 bits per heavy atom. The van der Waals surface area contributed by atoms with Crippen LogP contribution in [-0.2, 0) is 24.2 Å². The first-order valence-electron chi connectivity index (χ1n) is 11.1. The van der Waals surface area contributed by atoms with Gasteiger partial charge in [0.05, 0.1) is 5.92 Å². The van der Waals surface area contributed by atoms with E-state index in [9.17, 15) is 4.79 Å². The molecule has 2 aromatic carbocycles. The number of benzene rings is 2. The lowest BCUT2D eigenvalue weighted by Gasteiger charge is -2.38. The normalized spacial score (nSPS) is 16.9. The third kappa shape index (κ3) is 5.31. The summed E-state index contributed by atoms with van der Waals surface area (Å²) in [5, 5.41) is 9.87. The van der Waals surface area contributed by atoms with Crippen molar-refractivity contribution in [2.45, 2.75) is 39.7 Å². The van der Waals surface area contributed by atoms with Gasteiger partial charge in [-0.15, -0.1) is 0 Å². The number of likely N-dealkylation sites (tertiary alicyclic amines) is 1. The molecule has 0 amide bonds. The largest absolute Gasteiger partial charge is 0.489 e. The molecule has 1 aliphatic heterocycles. The molecule has 0 saturated carbocycles. The Labute approximate surface area is 189 Å². The SMILES string of the molecule is CC(C)Cc1cccc(COc2ccc3c(c2)CCC(CN2CC(C(=O)O)C2)=C3Cl)c1. The minimum Gasteiger partial charge on any atom is -0.489 e. The number of aryl methyl sites for hydroxylation is 1. The third-order valence-electron chi connectivity index (χ3n) is 6.08. The molecule has 1 heterocycles. The van der Waals surface area contributed by atoms with Crippen LogP contribution in [0.5, 0.6) is 5.75 Å². The lowest BCUT2D eigenvalue weighted by Crippen LogP contribution is -2.50. The quantitative estimate of drug-likeness (QED) is 0.600. The van der Waals surface area contributed by atoms with Gasteiger partial charge >= 0.3 is 5.97 Å². The lowest BCUT2D eigenvalue weighted by molar-refractivity contribution is -0.147. The Kier molecular flexibility index (Phi) is 6.68. The first-order chi connectivity index (χ1) is 14.9. The van der Waals surface area contributed by atoms with Crippen molar-refractivity contribution in [3.05, 3.63) is 70.3 Å². The average molecular weight is 440 g/mol. The zero-order valence-electron chi connectivity index (χ0n) is 18.2. The molecule has 0 unspecified atom stereocenters. The zero-order valence-corrected chi connectivity index (χ0v) is 19.0. The molecule has 1 N–H and O–H groups in total. The number of nitrogens with zero attached hydrogens (tertiary/aromatic N) is 1.